The van der Waals surface area contributed by atoms with Gasteiger partial charge >= 0.3 is 0 Å². The molecular weight excluding hydrogens is 168 g/mol. The van der Waals surface area contributed by atoms with Gasteiger partial charge in [-0.1, -0.05) is 59.8 Å². The second-order valence-corrected chi connectivity index (χ2v) is 3.63. The molecule has 0 aliphatic rings. The predicted octanol–water partition coefficient (Wildman–Crippen LogP) is 5.24. The molecule has 0 atom stereocenters. The van der Waals surface area contributed by atoms with Crippen molar-refractivity contribution in [3.63, 3.8) is 0 Å². The molecule has 0 unspecified atom stereocenters. The molecule has 0 aliphatic heterocycles. The molecule has 0 saturated carbocycles. The molecule has 0 spiro atoms. The van der Waals surface area contributed by atoms with Gasteiger partial charge in [-0.2, -0.15) is 0 Å². The first kappa shape index (κ1) is 18.9. The number of rotatable bonds is 3. The van der Waals surface area contributed by atoms with Gasteiger partial charge in [-0.25, -0.2) is 0 Å². The van der Waals surface area contributed by atoms with E-state index < -0.39 is 0 Å². The lowest BCUT2D eigenvalue weighted by molar-refractivity contribution is 0.618. The lowest BCUT2D eigenvalue weighted by Crippen LogP contribution is -2.01. The highest BCUT2D eigenvalue weighted by Gasteiger charge is 2.06. The van der Waals surface area contributed by atoms with Gasteiger partial charge in [0.1, 0.15) is 0 Å². The average Bonchev–Trinajstić information content (AvgIpc) is 2.21. The fraction of sp³-hybridized carbons (Fsp3) is 0.571. The zero-order chi connectivity index (χ0) is 12.2. The molecule has 0 heterocycles. The van der Waals surface area contributed by atoms with Crippen molar-refractivity contribution in [2.75, 3.05) is 0 Å². The largest absolute Gasteiger partial charge is 0.106 e. The molecule has 0 aliphatic carbocycles. The van der Waals surface area contributed by atoms with Crippen LogP contribution in [0.2, 0.25) is 0 Å². The highest BCUT2D eigenvalue weighted by atomic mass is 14.1. The molecule has 84 valence electrons. The van der Waals surface area contributed by atoms with Crippen LogP contribution >= 0.6 is 0 Å². The summed E-state index contributed by atoms with van der Waals surface area (Å²) in [5.41, 5.74) is 0.157. The van der Waals surface area contributed by atoms with E-state index in [9.17, 15) is 0 Å². The summed E-state index contributed by atoms with van der Waals surface area (Å²) in [4.78, 5) is 0. The van der Waals surface area contributed by atoms with Crippen molar-refractivity contribution in [2.24, 2.45) is 11.3 Å². The van der Waals surface area contributed by atoms with Gasteiger partial charge in [0.2, 0.25) is 0 Å². The van der Waals surface area contributed by atoms with Crippen molar-refractivity contribution in [3.05, 3.63) is 38.0 Å². The fourth-order valence-corrected chi connectivity index (χ4v) is 0.508. The zero-order valence-electron chi connectivity index (χ0n) is 10.9. The number of hydrogen-bond acceptors (Lipinski definition) is 0. The van der Waals surface area contributed by atoms with Crippen LogP contribution in [0.3, 0.4) is 0 Å². The Kier molecular flexibility index (Phi) is 16.5. The average molecular weight is 196 g/mol. The maximum Gasteiger partial charge on any atom is 0.000182 e. The Morgan fingerprint density at radius 2 is 1.43 bits per heavy atom. The van der Waals surface area contributed by atoms with E-state index >= 15 is 0 Å². The van der Waals surface area contributed by atoms with E-state index in [1.165, 1.54) is 0 Å². The van der Waals surface area contributed by atoms with E-state index in [1.54, 1.807) is 0 Å². The van der Waals surface area contributed by atoms with Crippen molar-refractivity contribution in [3.8, 4) is 0 Å². The van der Waals surface area contributed by atoms with Crippen LogP contribution in [0.4, 0.5) is 0 Å². The smallest absolute Gasteiger partial charge is 0.000182 e. The third-order valence-electron chi connectivity index (χ3n) is 1.44. The first-order valence-corrected chi connectivity index (χ1v) is 5.31. The molecule has 0 aromatic rings. The van der Waals surface area contributed by atoms with Gasteiger partial charge in [0.05, 0.1) is 0 Å². The zero-order valence-corrected chi connectivity index (χ0v) is 10.9. The van der Waals surface area contributed by atoms with E-state index in [-0.39, 0.29) is 5.41 Å². The van der Waals surface area contributed by atoms with E-state index in [0.717, 1.165) is 0 Å². The Bertz CT molecular complexity index is 138. The highest BCUT2D eigenvalue weighted by molar-refractivity contribution is 5.04. The summed E-state index contributed by atoms with van der Waals surface area (Å²) in [5, 5.41) is 0. The minimum Gasteiger partial charge on any atom is -0.106 e. The van der Waals surface area contributed by atoms with Gasteiger partial charge in [0, 0.05) is 5.41 Å². The summed E-state index contributed by atoms with van der Waals surface area (Å²) in [6, 6.07) is 0. The van der Waals surface area contributed by atoms with Gasteiger partial charge in [-0.15, -0.1) is 19.7 Å². The quantitative estimate of drug-likeness (QED) is 0.541. The second-order valence-electron chi connectivity index (χ2n) is 3.63. The topological polar surface area (TPSA) is 0 Å². The van der Waals surface area contributed by atoms with Crippen molar-refractivity contribution < 1.29 is 0 Å². The van der Waals surface area contributed by atoms with Crippen LogP contribution in [-0.4, -0.2) is 0 Å². The molecule has 0 saturated heterocycles. The summed E-state index contributed by atoms with van der Waals surface area (Å²) in [7, 11) is 0. The summed E-state index contributed by atoms with van der Waals surface area (Å²) in [5.74, 6) is 0.638. The molecule has 0 N–H and O–H groups in total. The molecule has 0 rings (SSSR count). The third kappa shape index (κ3) is 17.3. The Labute approximate surface area is 91.4 Å². The molecule has 0 fully saturated rings. The van der Waals surface area contributed by atoms with E-state index in [0.29, 0.717) is 5.92 Å². The van der Waals surface area contributed by atoms with Crippen LogP contribution in [0.1, 0.15) is 41.5 Å². The fourth-order valence-electron chi connectivity index (χ4n) is 0.508. The van der Waals surface area contributed by atoms with E-state index in [1.807, 2.05) is 19.9 Å². The molecule has 0 bridgehead atoms. The Hall–Kier alpha value is -0.780. The Morgan fingerprint density at radius 3 is 1.64 bits per heavy atom. The van der Waals surface area contributed by atoms with Crippen LogP contribution in [0, 0.1) is 11.3 Å². The maximum absolute atomic E-state index is 3.76. The molecular formula is C14H28. The molecule has 14 heavy (non-hydrogen) atoms. The Balaban J connectivity index is -0.000000266. The summed E-state index contributed by atoms with van der Waals surface area (Å²) >= 11 is 0. The molecule has 0 heteroatoms. The standard InChI is InChI=1S/C10H18.C2H6.C2H4/c1-6-10(4,5)8-7-9(2)3;2*1-2/h6-9H,1H2,2-5H3;1-2H3;1-2H2/b8-7-;;. The first-order chi connectivity index (χ1) is 6.48. The SMILES string of the molecule is C=C.C=CC(C)(C)/C=C\C(C)C.CC. The lowest BCUT2D eigenvalue weighted by Gasteiger charge is -2.13. The van der Waals surface area contributed by atoms with E-state index in [4.69, 9.17) is 0 Å². The van der Waals surface area contributed by atoms with Gasteiger partial charge in [-0.05, 0) is 5.92 Å². The minimum atomic E-state index is 0.157. The van der Waals surface area contributed by atoms with Crippen molar-refractivity contribution >= 4 is 0 Å². The van der Waals surface area contributed by atoms with Crippen molar-refractivity contribution in [2.45, 2.75) is 41.5 Å². The highest BCUT2D eigenvalue weighted by Crippen LogP contribution is 2.18. The monoisotopic (exact) mass is 196 g/mol. The maximum atomic E-state index is 3.76. The summed E-state index contributed by atoms with van der Waals surface area (Å²) in [6.45, 7) is 22.4. The van der Waals surface area contributed by atoms with E-state index in [2.05, 4.69) is 59.6 Å². The molecule has 0 aromatic heterocycles. The predicted molar refractivity (Wildman–Crippen MR) is 70.6 cm³/mol. The second kappa shape index (κ2) is 12.2. The van der Waals surface area contributed by atoms with Gasteiger partial charge < -0.3 is 0 Å². The Morgan fingerprint density at radius 1 is 1.07 bits per heavy atom. The van der Waals surface area contributed by atoms with Gasteiger partial charge in [0.25, 0.3) is 0 Å². The van der Waals surface area contributed by atoms with Crippen molar-refractivity contribution in [1.29, 1.82) is 0 Å². The summed E-state index contributed by atoms with van der Waals surface area (Å²) in [6.07, 6.45) is 6.37. The third-order valence-corrected chi connectivity index (χ3v) is 1.44. The minimum absolute atomic E-state index is 0.157. The molecule has 0 aromatic carbocycles. The number of allylic oxidation sites excluding steroid dienone is 3. The molecule has 0 radical (unpaired) electrons. The summed E-state index contributed by atoms with van der Waals surface area (Å²) < 4.78 is 0. The van der Waals surface area contributed by atoms with Gasteiger partial charge in [0.15, 0.2) is 0 Å². The van der Waals surface area contributed by atoms with Crippen molar-refractivity contribution in [1.82, 2.24) is 0 Å². The van der Waals surface area contributed by atoms with Crippen LogP contribution < -0.4 is 0 Å². The van der Waals surface area contributed by atoms with Crippen LogP contribution in [0.25, 0.3) is 0 Å². The molecule has 0 nitrogen and oxygen atoms in total. The van der Waals surface area contributed by atoms with Crippen LogP contribution in [0.15, 0.2) is 38.0 Å². The van der Waals surface area contributed by atoms with Crippen LogP contribution in [-0.2, 0) is 0 Å². The lowest BCUT2D eigenvalue weighted by atomic mass is 9.92. The molecule has 0 amide bonds. The van der Waals surface area contributed by atoms with Gasteiger partial charge in [-0.3, -0.25) is 0 Å². The normalized spacial score (nSPS) is 9.93. The van der Waals surface area contributed by atoms with Crippen LogP contribution in [0.5, 0.6) is 0 Å². The first-order valence-electron chi connectivity index (χ1n) is 5.31. The number of hydrogen-bond donors (Lipinski definition) is 0.